The van der Waals surface area contributed by atoms with Crippen LogP contribution in [0.25, 0.3) is 0 Å². The fraction of sp³-hybridized carbons (Fsp3) is 0.148. The van der Waals surface area contributed by atoms with Crippen molar-refractivity contribution in [3.63, 3.8) is 0 Å². The van der Waals surface area contributed by atoms with Crippen LogP contribution in [-0.2, 0) is 19.6 Å². The van der Waals surface area contributed by atoms with Crippen LogP contribution in [0.5, 0.6) is 0 Å². The second-order valence-electron chi connectivity index (χ2n) is 7.94. The highest BCUT2D eigenvalue weighted by molar-refractivity contribution is 7.80. The summed E-state index contributed by atoms with van der Waals surface area (Å²) in [6.45, 7) is 4.09. The summed E-state index contributed by atoms with van der Waals surface area (Å²) >= 11 is 18.4. The number of thiocarbonyl (C=S) groups is 1. The predicted molar refractivity (Wildman–Crippen MR) is 143 cm³/mol. The SMILES string of the molecule is Cc1c(Cl)cccc1NC(=S)N(Cc1ccccc1)Cc1cccn1Cc1cccc(Cl)c1. The molecule has 0 aliphatic carbocycles. The monoisotopic (exact) mass is 493 g/mol. The fourth-order valence-electron chi connectivity index (χ4n) is 3.72. The molecule has 3 aromatic carbocycles. The lowest BCUT2D eigenvalue weighted by molar-refractivity contribution is 0.399. The number of hydrogen-bond donors (Lipinski definition) is 1. The molecule has 4 aromatic rings. The predicted octanol–water partition coefficient (Wildman–Crippen LogP) is 7.55. The maximum absolute atomic E-state index is 6.32. The van der Waals surface area contributed by atoms with E-state index in [2.05, 4.69) is 51.3 Å². The quantitative estimate of drug-likeness (QED) is 0.268. The molecule has 0 bridgehead atoms. The van der Waals surface area contributed by atoms with Crippen LogP contribution in [0.1, 0.15) is 22.4 Å². The zero-order chi connectivity index (χ0) is 23.2. The minimum Gasteiger partial charge on any atom is -0.345 e. The second-order valence-corrected chi connectivity index (χ2v) is 9.17. The van der Waals surface area contributed by atoms with E-state index in [-0.39, 0.29) is 0 Å². The van der Waals surface area contributed by atoms with Crippen molar-refractivity contribution in [2.75, 3.05) is 5.32 Å². The lowest BCUT2D eigenvalue weighted by Gasteiger charge is -2.27. The van der Waals surface area contributed by atoms with Crippen LogP contribution in [0.15, 0.2) is 91.1 Å². The summed E-state index contributed by atoms with van der Waals surface area (Å²) in [5, 5.41) is 5.52. The molecule has 6 heteroatoms. The first-order valence-corrected chi connectivity index (χ1v) is 11.9. The molecule has 3 nitrogen and oxygen atoms in total. The Bertz CT molecular complexity index is 1240. The van der Waals surface area contributed by atoms with Gasteiger partial charge in [0, 0.05) is 40.7 Å². The van der Waals surface area contributed by atoms with E-state index < -0.39 is 0 Å². The van der Waals surface area contributed by atoms with Gasteiger partial charge in [0.15, 0.2) is 5.11 Å². The van der Waals surface area contributed by atoms with Gasteiger partial charge in [-0.3, -0.25) is 0 Å². The first-order chi connectivity index (χ1) is 16.0. The third-order valence-electron chi connectivity index (χ3n) is 5.53. The number of halogens is 2. The summed E-state index contributed by atoms with van der Waals surface area (Å²) in [5.74, 6) is 0. The van der Waals surface area contributed by atoms with E-state index in [1.54, 1.807) is 0 Å². The van der Waals surface area contributed by atoms with Gasteiger partial charge in [-0.15, -0.1) is 0 Å². The van der Waals surface area contributed by atoms with Crippen molar-refractivity contribution >= 4 is 46.2 Å². The highest BCUT2D eigenvalue weighted by atomic mass is 35.5. The minimum absolute atomic E-state index is 0.653. The third kappa shape index (κ3) is 6.17. The molecule has 0 radical (unpaired) electrons. The van der Waals surface area contributed by atoms with Crippen molar-refractivity contribution in [1.82, 2.24) is 9.47 Å². The van der Waals surface area contributed by atoms with E-state index in [0.29, 0.717) is 23.2 Å². The summed E-state index contributed by atoms with van der Waals surface area (Å²) in [5.41, 5.74) is 5.41. The normalized spacial score (nSPS) is 10.8. The number of anilines is 1. The summed E-state index contributed by atoms with van der Waals surface area (Å²) < 4.78 is 2.23. The van der Waals surface area contributed by atoms with Gasteiger partial charge < -0.3 is 14.8 Å². The molecule has 0 spiro atoms. The van der Waals surface area contributed by atoms with Gasteiger partial charge in [0.05, 0.1) is 6.54 Å². The molecule has 1 N–H and O–H groups in total. The zero-order valence-electron chi connectivity index (χ0n) is 18.3. The van der Waals surface area contributed by atoms with Gasteiger partial charge in [0.2, 0.25) is 0 Å². The maximum atomic E-state index is 6.32. The Kier molecular flexibility index (Phi) is 7.71. The largest absolute Gasteiger partial charge is 0.345 e. The Morgan fingerprint density at radius 2 is 1.64 bits per heavy atom. The smallest absolute Gasteiger partial charge is 0.174 e. The summed E-state index contributed by atoms with van der Waals surface area (Å²) in [4.78, 5) is 2.18. The number of benzene rings is 3. The van der Waals surface area contributed by atoms with E-state index in [1.165, 1.54) is 5.56 Å². The molecule has 168 valence electrons. The van der Waals surface area contributed by atoms with Gasteiger partial charge in [0.1, 0.15) is 0 Å². The standard InChI is InChI=1S/C27H25Cl2N3S/c1-20-25(29)13-6-14-26(20)30-27(33)32(17-21-8-3-2-4-9-21)19-24-12-7-15-31(24)18-22-10-5-11-23(28)16-22/h2-16H,17-19H2,1H3,(H,30,33). The molecule has 0 aliphatic heterocycles. The van der Waals surface area contributed by atoms with Gasteiger partial charge in [-0.05, 0) is 72.2 Å². The van der Waals surface area contributed by atoms with Crippen LogP contribution < -0.4 is 5.32 Å². The number of rotatable bonds is 7. The van der Waals surface area contributed by atoms with Crippen LogP contribution in [0, 0.1) is 6.92 Å². The lowest BCUT2D eigenvalue weighted by Crippen LogP contribution is -2.34. The van der Waals surface area contributed by atoms with E-state index in [0.717, 1.165) is 34.1 Å². The average Bonchev–Trinajstić information content (AvgIpc) is 3.23. The molecule has 0 atom stereocenters. The summed E-state index contributed by atoms with van der Waals surface area (Å²) in [6.07, 6.45) is 2.09. The third-order valence-corrected chi connectivity index (χ3v) is 6.54. The molecule has 1 heterocycles. The van der Waals surface area contributed by atoms with Crippen molar-refractivity contribution in [2.45, 2.75) is 26.6 Å². The zero-order valence-corrected chi connectivity index (χ0v) is 20.7. The van der Waals surface area contributed by atoms with Crippen molar-refractivity contribution < 1.29 is 0 Å². The molecule has 1 aromatic heterocycles. The van der Waals surface area contributed by atoms with Gasteiger partial charge in [-0.1, -0.05) is 71.7 Å². The number of hydrogen-bond acceptors (Lipinski definition) is 1. The molecular weight excluding hydrogens is 469 g/mol. The number of aromatic nitrogens is 1. The topological polar surface area (TPSA) is 20.2 Å². The van der Waals surface area contributed by atoms with Crippen LogP contribution in [0.4, 0.5) is 5.69 Å². The van der Waals surface area contributed by atoms with Crippen LogP contribution in [0.2, 0.25) is 10.0 Å². The maximum Gasteiger partial charge on any atom is 0.174 e. The number of nitrogens with one attached hydrogen (secondary N) is 1. The van der Waals surface area contributed by atoms with E-state index in [9.17, 15) is 0 Å². The van der Waals surface area contributed by atoms with Crippen molar-refractivity contribution in [1.29, 1.82) is 0 Å². The molecule has 0 fully saturated rings. The van der Waals surface area contributed by atoms with Crippen molar-refractivity contribution in [3.8, 4) is 0 Å². The van der Waals surface area contributed by atoms with E-state index in [1.807, 2.05) is 61.5 Å². The van der Waals surface area contributed by atoms with E-state index in [4.69, 9.17) is 35.4 Å². The Balaban J connectivity index is 1.57. The number of nitrogens with zero attached hydrogens (tertiary/aromatic N) is 2. The van der Waals surface area contributed by atoms with Gasteiger partial charge in [-0.2, -0.15) is 0 Å². The molecule has 4 rings (SSSR count). The lowest BCUT2D eigenvalue weighted by atomic mass is 10.2. The first kappa shape index (κ1) is 23.4. The van der Waals surface area contributed by atoms with Crippen molar-refractivity contribution in [2.24, 2.45) is 0 Å². The molecule has 0 unspecified atom stereocenters. The van der Waals surface area contributed by atoms with Gasteiger partial charge in [-0.25, -0.2) is 0 Å². The Morgan fingerprint density at radius 1 is 0.879 bits per heavy atom. The molecule has 0 amide bonds. The molecule has 0 saturated heterocycles. The molecular formula is C27H25Cl2N3S. The Labute approximate surface area is 210 Å². The van der Waals surface area contributed by atoms with Gasteiger partial charge in [0.25, 0.3) is 0 Å². The average molecular weight is 494 g/mol. The highest BCUT2D eigenvalue weighted by Crippen LogP contribution is 2.24. The Hall–Kier alpha value is -2.79. The van der Waals surface area contributed by atoms with Crippen LogP contribution in [0.3, 0.4) is 0 Å². The minimum atomic E-state index is 0.653. The summed E-state index contributed by atoms with van der Waals surface area (Å²) in [6, 6.07) is 28.3. The van der Waals surface area contributed by atoms with Crippen molar-refractivity contribution in [3.05, 3.63) is 124 Å². The highest BCUT2D eigenvalue weighted by Gasteiger charge is 2.15. The second kappa shape index (κ2) is 10.9. The first-order valence-electron chi connectivity index (χ1n) is 10.7. The molecule has 0 aliphatic rings. The van der Waals surface area contributed by atoms with Crippen LogP contribution in [-0.4, -0.2) is 14.6 Å². The fourth-order valence-corrected chi connectivity index (χ4v) is 4.34. The molecule has 33 heavy (non-hydrogen) atoms. The van der Waals surface area contributed by atoms with Crippen LogP contribution >= 0.6 is 35.4 Å². The van der Waals surface area contributed by atoms with Gasteiger partial charge >= 0.3 is 0 Å². The Morgan fingerprint density at radius 3 is 2.42 bits per heavy atom. The summed E-state index contributed by atoms with van der Waals surface area (Å²) in [7, 11) is 0. The molecule has 0 saturated carbocycles. The van der Waals surface area contributed by atoms with E-state index >= 15 is 0 Å².